The van der Waals surface area contributed by atoms with E-state index in [0.29, 0.717) is 46.8 Å². The predicted molar refractivity (Wildman–Crippen MR) is 149 cm³/mol. The van der Waals surface area contributed by atoms with Gasteiger partial charge in [0.25, 0.3) is 0 Å². The summed E-state index contributed by atoms with van der Waals surface area (Å²) in [5.74, 6) is -1.16. The molecule has 0 amide bonds. The molecule has 0 bridgehead atoms. The van der Waals surface area contributed by atoms with E-state index in [-0.39, 0.29) is 41.7 Å². The molecule has 0 saturated carbocycles. The third-order valence-corrected chi connectivity index (χ3v) is 7.23. The maximum absolute atomic E-state index is 15.4. The molecule has 3 aromatic carbocycles. The second-order valence-electron chi connectivity index (χ2n) is 9.98. The van der Waals surface area contributed by atoms with E-state index in [4.69, 9.17) is 19.7 Å². The minimum absolute atomic E-state index is 0.00386. The number of rotatable bonds is 9. The number of carboxylic acids is 1. The van der Waals surface area contributed by atoms with E-state index in [0.717, 1.165) is 12.5 Å². The van der Waals surface area contributed by atoms with Crippen LogP contribution in [0.5, 0.6) is 5.88 Å². The van der Waals surface area contributed by atoms with E-state index in [1.165, 1.54) is 24.3 Å². The number of hydrogen-bond donors (Lipinski definition) is 1. The van der Waals surface area contributed by atoms with E-state index < -0.39 is 17.6 Å². The highest BCUT2D eigenvalue weighted by Gasteiger charge is 2.23. The fourth-order valence-electron chi connectivity index (χ4n) is 4.84. The normalized spacial score (nSPS) is 14.4. The van der Waals surface area contributed by atoms with Crippen LogP contribution in [0.15, 0.2) is 72.8 Å². The Labute approximate surface area is 239 Å². The molecule has 1 aliphatic rings. The van der Waals surface area contributed by atoms with E-state index in [1.54, 1.807) is 42.5 Å². The molecular weight excluding hydrogens is 542 g/mol. The Bertz CT molecular complexity index is 1860. The second-order valence-corrected chi connectivity index (χ2v) is 9.98. The van der Waals surface area contributed by atoms with Crippen LogP contribution in [0.2, 0.25) is 0 Å². The summed E-state index contributed by atoms with van der Waals surface area (Å²) in [5.41, 5.74) is 3.40. The van der Waals surface area contributed by atoms with Gasteiger partial charge in [-0.1, -0.05) is 24.3 Å². The topological polar surface area (TPSA) is 110 Å². The number of ether oxygens (including phenoxy) is 2. The van der Waals surface area contributed by atoms with Crippen LogP contribution in [-0.4, -0.2) is 38.3 Å². The number of hydrogen-bond acceptors (Lipinski definition) is 6. The number of benzene rings is 3. The van der Waals surface area contributed by atoms with Gasteiger partial charge in [0.2, 0.25) is 5.88 Å². The minimum atomic E-state index is -1.03. The molecule has 1 aliphatic heterocycles. The molecule has 1 fully saturated rings. The van der Waals surface area contributed by atoms with E-state index in [9.17, 15) is 14.3 Å². The van der Waals surface area contributed by atoms with E-state index in [1.807, 2.05) is 10.6 Å². The molecule has 1 atom stereocenters. The molecule has 3 heterocycles. The number of carbonyl (C=O) groups is 1. The summed E-state index contributed by atoms with van der Waals surface area (Å²) in [6, 6.07) is 20.7. The van der Waals surface area contributed by atoms with Crippen molar-refractivity contribution in [2.24, 2.45) is 0 Å². The maximum Gasteiger partial charge on any atom is 0.335 e. The molecule has 8 nitrogen and oxygen atoms in total. The van der Waals surface area contributed by atoms with Crippen LogP contribution in [0.3, 0.4) is 0 Å². The molecule has 1 N–H and O–H groups in total. The quantitative estimate of drug-likeness (QED) is 0.236. The molecule has 0 radical (unpaired) electrons. The Morgan fingerprint density at radius 1 is 1.05 bits per heavy atom. The van der Waals surface area contributed by atoms with Crippen molar-refractivity contribution in [1.29, 1.82) is 5.26 Å². The lowest BCUT2D eigenvalue weighted by Gasteiger charge is -2.27. The molecule has 210 valence electrons. The Balaban J connectivity index is 1.23. The van der Waals surface area contributed by atoms with Gasteiger partial charge in [0.05, 0.1) is 46.6 Å². The lowest BCUT2D eigenvalue weighted by molar-refractivity contribution is -0.0589. The van der Waals surface area contributed by atoms with Crippen LogP contribution < -0.4 is 4.74 Å². The maximum atomic E-state index is 15.4. The number of pyridine rings is 1. The van der Waals surface area contributed by atoms with Crippen molar-refractivity contribution in [3.05, 3.63) is 113 Å². The van der Waals surface area contributed by atoms with Crippen molar-refractivity contribution >= 4 is 17.0 Å². The number of aromatic carboxylic acids is 1. The van der Waals surface area contributed by atoms with E-state index in [2.05, 4.69) is 4.98 Å². The fraction of sp³-hybridized carbons (Fsp3) is 0.188. The smallest absolute Gasteiger partial charge is 0.335 e. The lowest BCUT2D eigenvalue weighted by atomic mass is 10.1. The van der Waals surface area contributed by atoms with Crippen molar-refractivity contribution in [1.82, 2.24) is 14.5 Å². The van der Waals surface area contributed by atoms with Gasteiger partial charge >= 0.3 is 5.97 Å². The average molecular weight is 567 g/mol. The van der Waals surface area contributed by atoms with Gasteiger partial charge in [-0.05, 0) is 54.4 Å². The molecule has 0 aliphatic carbocycles. The first-order chi connectivity index (χ1) is 20.4. The van der Waals surface area contributed by atoms with Crippen molar-refractivity contribution in [2.75, 3.05) is 6.61 Å². The van der Waals surface area contributed by atoms with Gasteiger partial charge in [-0.25, -0.2) is 23.5 Å². The molecule has 1 unspecified atom stereocenters. The Hall–Kier alpha value is -5.14. The molecule has 2 aromatic heterocycles. The molecule has 5 aromatic rings. The number of imidazole rings is 1. The number of halogens is 2. The van der Waals surface area contributed by atoms with Crippen LogP contribution in [0.4, 0.5) is 8.78 Å². The molecule has 0 spiro atoms. The van der Waals surface area contributed by atoms with Gasteiger partial charge < -0.3 is 19.1 Å². The summed E-state index contributed by atoms with van der Waals surface area (Å²) >= 11 is 0. The van der Waals surface area contributed by atoms with Crippen LogP contribution >= 0.6 is 0 Å². The third-order valence-electron chi connectivity index (χ3n) is 7.23. The molecule has 6 rings (SSSR count). The standard InChI is InChI=1S/C32H24F2N4O4/c33-25-12-19(16-35)4-5-23(25)18-42-31-3-1-2-27(37-31)21-7-6-20(26(34)13-21)15-30-36-28-9-8-22(32(39)40)14-29(28)38(30)17-24-10-11-41-24/h1-9,12-14,24H,10-11,15,17-18H2,(H,39,40). The minimum Gasteiger partial charge on any atom is -0.478 e. The summed E-state index contributed by atoms with van der Waals surface area (Å²) in [6.07, 6.45) is 1.08. The number of carboxylic acid groups (broad SMARTS) is 1. The SMILES string of the molecule is N#Cc1ccc(COc2cccc(-c3ccc(Cc4nc5ccc(C(=O)O)cc5n4CC4CCO4)c(F)c3)n2)c(F)c1. The average Bonchev–Trinajstić information content (AvgIpc) is 3.31. The van der Waals surface area contributed by atoms with E-state index >= 15 is 4.39 Å². The highest BCUT2D eigenvalue weighted by Crippen LogP contribution is 2.27. The van der Waals surface area contributed by atoms with Gasteiger partial charge in [0.1, 0.15) is 24.1 Å². The fourth-order valence-corrected chi connectivity index (χ4v) is 4.84. The van der Waals surface area contributed by atoms with Crippen LogP contribution in [0.1, 0.15) is 39.3 Å². The predicted octanol–water partition coefficient (Wildman–Crippen LogP) is 5.91. The summed E-state index contributed by atoms with van der Waals surface area (Å²) in [4.78, 5) is 20.7. The van der Waals surface area contributed by atoms with Gasteiger partial charge in [-0.2, -0.15) is 5.26 Å². The van der Waals surface area contributed by atoms with Crippen molar-refractivity contribution in [3.8, 4) is 23.2 Å². The highest BCUT2D eigenvalue weighted by atomic mass is 19.1. The first-order valence-corrected chi connectivity index (χ1v) is 13.3. The molecular formula is C32H24F2N4O4. The number of fused-ring (bicyclic) bond motifs is 1. The summed E-state index contributed by atoms with van der Waals surface area (Å²) in [7, 11) is 0. The highest BCUT2D eigenvalue weighted by molar-refractivity contribution is 5.92. The summed E-state index contributed by atoms with van der Waals surface area (Å²) in [6.45, 7) is 1.09. The summed E-state index contributed by atoms with van der Waals surface area (Å²) < 4.78 is 42.8. The third kappa shape index (κ3) is 5.55. The van der Waals surface area contributed by atoms with Crippen LogP contribution in [-0.2, 0) is 24.3 Å². The van der Waals surface area contributed by atoms with Crippen molar-refractivity contribution in [2.45, 2.75) is 32.1 Å². The second kappa shape index (κ2) is 11.4. The zero-order chi connectivity index (χ0) is 29.2. The molecule has 1 saturated heterocycles. The largest absolute Gasteiger partial charge is 0.478 e. The zero-order valence-corrected chi connectivity index (χ0v) is 22.3. The number of aromatic nitrogens is 3. The number of nitriles is 1. The Morgan fingerprint density at radius 2 is 1.86 bits per heavy atom. The van der Waals surface area contributed by atoms with Gasteiger partial charge in [-0.15, -0.1) is 0 Å². The number of nitrogens with zero attached hydrogens (tertiary/aromatic N) is 4. The zero-order valence-electron chi connectivity index (χ0n) is 22.3. The van der Waals surface area contributed by atoms with Crippen molar-refractivity contribution in [3.63, 3.8) is 0 Å². The Kier molecular flexibility index (Phi) is 7.33. The monoisotopic (exact) mass is 566 g/mol. The summed E-state index contributed by atoms with van der Waals surface area (Å²) in [5, 5.41) is 18.4. The lowest BCUT2D eigenvalue weighted by Crippen LogP contribution is -2.31. The first-order valence-electron chi connectivity index (χ1n) is 13.3. The van der Waals surface area contributed by atoms with Crippen LogP contribution in [0.25, 0.3) is 22.3 Å². The molecule has 42 heavy (non-hydrogen) atoms. The molecule has 10 heteroatoms. The van der Waals surface area contributed by atoms with Gasteiger partial charge in [0.15, 0.2) is 0 Å². The van der Waals surface area contributed by atoms with Crippen molar-refractivity contribution < 1.29 is 28.2 Å². The van der Waals surface area contributed by atoms with Crippen LogP contribution in [0, 0.1) is 23.0 Å². The van der Waals surface area contributed by atoms with Gasteiger partial charge in [0, 0.05) is 30.2 Å². The Morgan fingerprint density at radius 3 is 2.57 bits per heavy atom. The first kappa shape index (κ1) is 27.1. The van der Waals surface area contributed by atoms with Gasteiger partial charge in [-0.3, -0.25) is 0 Å².